The van der Waals surface area contributed by atoms with E-state index < -0.39 is 11.9 Å². The monoisotopic (exact) mass is 528 g/mol. The lowest BCUT2D eigenvalue weighted by Crippen LogP contribution is -1.96. The van der Waals surface area contributed by atoms with Gasteiger partial charge >= 0.3 is 11.9 Å². The van der Waals surface area contributed by atoms with Gasteiger partial charge in [-0.05, 0) is 54.2 Å². The normalized spacial score (nSPS) is 11.4. The number of nitrogens with zero attached hydrogens (tertiary/aromatic N) is 2. The molecule has 0 saturated carbocycles. The van der Waals surface area contributed by atoms with Gasteiger partial charge in [0.15, 0.2) is 0 Å². The average molecular weight is 529 g/mol. The topological polar surface area (TPSA) is 145 Å². The Labute approximate surface area is 213 Å². The van der Waals surface area contributed by atoms with Crippen LogP contribution < -0.4 is 9.47 Å². The average Bonchev–Trinajstić information content (AvgIpc) is 3.53. The first kappa shape index (κ1) is 24.9. The highest BCUT2D eigenvalue weighted by molar-refractivity contribution is 8.03. The molecule has 10 nitrogen and oxygen atoms in total. The van der Waals surface area contributed by atoms with Gasteiger partial charge in [0.2, 0.25) is 5.89 Å². The Balaban J connectivity index is 1.59. The first-order valence-electron chi connectivity index (χ1n) is 10.1. The summed E-state index contributed by atoms with van der Waals surface area (Å²) in [4.78, 5) is 23.0. The van der Waals surface area contributed by atoms with Crippen molar-refractivity contribution in [3.05, 3.63) is 69.8 Å². The summed E-state index contributed by atoms with van der Waals surface area (Å²) < 4.78 is 21.8. The molecule has 0 bridgehead atoms. The van der Waals surface area contributed by atoms with Gasteiger partial charge in [0.1, 0.15) is 27.9 Å². The van der Waals surface area contributed by atoms with Crippen molar-refractivity contribution >= 4 is 41.4 Å². The lowest BCUT2D eigenvalue weighted by molar-refractivity contribution is -0.131. The number of ether oxygens (including phenoxy) is 2. The third-order valence-corrected chi connectivity index (χ3v) is 5.97. The molecule has 36 heavy (non-hydrogen) atoms. The Kier molecular flexibility index (Phi) is 7.32. The van der Waals surface area contributed by atoms with Crippen LogP contribution >= 0.6 is 23.4 Å². The van der Waals surface area contributed by atoms with Crippen molar-refractivity contribution in [3.63, 3.8) is 0 Å². The minimum absolute atomic E-state index is 0.00980. The molecule has 0 radical (unpaired) electrons. The first-order chi connectivity index (χ1) is 17.3. The van der Waals surface area contributed by atoms with E-state index in [1.54, 1.807) is 24.3 Å². The maximum Gasteiger partial charge on any atom is 0.342 e. The van der Waals surface area contributed by atoms with E-state index in [1.807, 2.05) is 0 Å². The SMILES string of the molecule is COc1cc(OC)cc(-c2nnc(S/C(=C\c3ccc(-c4cc(C(=O)O)ccc4Cl)o3)C(=O)O)o2)c1. The van der Waals surface area contributed by atoms with Crippen LogP contribution in [0.1, 0.15) is 16.1 Å². The standard InChI is InChI=1S/C24H17ClN2O8S/c1-32-15-7-13(8-16(10-15)33-2)21-26-27-24(35-21)36-20(23(30)31)11-14-4-6-19(34-14)17-9-12(22(28)29)3-5-18(17)25/h3-11H,1-2H3,(H,28,29)(H,30,31)/b20-11-. The minimum atomic E-state index is -1.24. The van der Waals surface area contributed by atoms with Gasteiger partial charge in [-0.25, -0.2) is 9.59 Å². The molecule has 2 N–H and O–H groups in total. The van der Waals surface area contributed by atoms with Crippen LogP contribution in [0.25, 0.3) is 28.9 Å². The van der Waals surface area contributed by atoms with Crippen molar-refractivity contribution in [1.82, 2.24) is 10.2 Å². The number of rotatable bonds is 9. The molecule has 0 spiro atoms. The van der Waals surface area contributed by atoms with Crippen molar-refractivity contribution in [2.75, 3.05) is 14.2 Å². The number of carboxylic acids is 2. The van der Waals surface area contributed by atoms with E-state index in [0.29, 0.717) is 22.6 Å². The Hall–Kier alpha value is -4.22. The second-order valence-corrected chi connectivity index (χ2v) is 8.49. The number of aliphatic carboxylic acids is 1. The van der Waals surface area contributed by atoms with E-state index in [2.05, 4.69) is 10.2 Å². The van der Waals surface area contributed by atoms with Crippen LogP contribution in [0.4, 0.5) is 0 Å². The largest absolute Gasteiger partial charge is 0.497 e. The highest BCUT2D eigenvalue weighted by Crippen LogP contribution is 2.35. The lowest BCUT2D eigenvalue weighted by Gasteiger charge is -2.05. The van der Waals surface area contributed by atoms with Gasteiger partial charge in [-0.3, -0.25) is 0 Å². The number of aromatic nitrogens is 2. The van der Waals surface area contributed by atoms with Crippen LogP contribution in [0, 0.1) is 0 Å². The first-order valence-corrected chi connectivity index (χ1v) is 11.3. The minimum Gasteiger partial charge on any atom is -0.497 e. The van der Waals surface area contributed by atoms with E-state index >= 15 is 0 Å². The molecule has 184 valence electrons. The third-order valence-electron chi connectivity index (χ3n) is 4.79. The number of hydrogen-bond acceptors (Lipinski definition) is 9. The van der Waals surface area contributed by atoms with E-state index in [1.165, 1.54) is 44.6 Å². The third kappa shape index (κ3) is 5.53. The molecule has 2 aromatic heterocycles. The van der Waals surface area contributed by atoms with Gasteiger partial charge in [-0.2, -0.15) is 0 Å². The Morgan fingerprint density at radius 3 is 2.33 bits per heavy atom. The van der Waals surface area contributed by atoms with Gasteiger partial charge < -0.3 is 28.5 Å². The molecule has 0 saturated heterocycles. The predicted octanol–water partition coefficient (Wildman–Crippen LogP) is 5.58. The summed E-state index contributed by atoms with van der Waals surface area (Å²) in [6, 6.07) is 12.3. The maximum atomic E-state index is 11.9. The fourth-order valence-corrected chi connectivity index (χ4v) is 3.94. The molecule has 4 rings (SSSR count). The number of aromatic carboxylic acids is 1. The van der Waals surface area contributed by atoms with Gasteiger partial charge in [0.05, 0.1) is 24.8 Å². The molecule has 0 aliphatic heterocycles. The highest BCUT2D eigenvalue weighted by Gasteiger charge is 2.18. The van der Waals surface area contributed by atoms with E-state index in [9.17, 15) is 19.8 Å². The lowest BCUT2D eigenvalue weighted by atomic mass is 10.1. The number of thioether (sulfide) groups is 1. The Morgan fingerprint density at radius 1 is 0.972 bits per heavy atom. The van der Waals surface area contributed by atoms with Crippen molar-refractivity contribution in [3.8, 4) is 34.3 Å². The van der Waals surface area contributed by atoms with Crippen molar-refractivity contribution in [2.45, 2.75) is 5.22 Å². The van der Waals surface area contributed by atoms with E-state index in [0.717, 1.165) is 11.8 Å². The predicted molar refractivity (Wildman–Crippen MR) is 130 cm³/mol. The number of hydrogen-bond donors (Lipinski definition) is 2. The van der Waals surface area contributed by atoms with Crippen LogP contribution in [-0.2, 0) is 4.79 Å². The van der Waals surface area contributed by atoms with E-state index in [4.69, 9.17) is 29.9 Å². The highest BCUT2D eigenvalue weighted by atomic mass is 35.5. The van der Waals surface area contributed by atoms with Crippen LogP contribution in [0.5, 0.6) is 11.5 Å². The van der Waals surface area contributed by atoms with Gasteiger partial charge in [0.25, 0.3) is 5.22 Å². The molecule has 0 aliphatic carbocycles. The van der Waals surface area contributed by atoms with E-state index in [-0.39, 0.29) is 38.1 Å². The van der Waals surface area contributed by atoms with Crippen molar-refractivity contribution in [2.24, 2.45) is 0 Å². The molecule has 0 unspecified atom stereocenters. The number of halogens is 1. The molecule has 0 atom stereocenters. The molecule has 2 aromatic carbocycles. The summed E-state index contributed by atoms with van der Waals surface area (Å²) >= 11 is 6.93. The second kappa shape index (κ2) is 10.6. The molecule has 0 fully saturated rings. The summed E-state index contributed by atoms with van der Waals surface area (Å²) in [7, 11) is 3.02. The van der Waals surface area contributed by atoms with Crippen molar-refractivity contribution < 1.29 is 38.1 Å². The number of benzene rings is 2. The van der Waals surface area contributed by atoms with Gasteiger partial charge in [-0.1, -0.05) is 11.6 Å². The number of furan rings is 1. The van der Waals surface area contributed by atoms with Gasteiger partial charge in [0, 0.05) is 23.3 Å². The zero-order chi connectivity index (χ0) is 25.8. The molecular weight excluding hydrogens is 512 g/mol. The molecule has 0 aliphatic rings. The fraction of sp³-hybridized carbons (Fsp3) is 0.0833. The number of carbonyl (C=O) groups is 2. The summed E-state index contributed by atoms with van der Waals surface area (Å²) in [5.74, 6) is -0.703. The number of carboxylic acid groups (broad SMARTS) is 2. The second-order valence-electron chi connectivity index (χ2n) is 7.09. The summed E-state index contributed by atoms with van der Waals surface area (Å²) in [5, 5.41) is 27.1. The molecule has 0 amide bonds. The molecule has 4 aromatic rings. The van der Waals surface area contributed by atoms with Crippen LogP contribution in [0.2, 0.25) is 5.02 Å². The quantitative estimate of drug-likeness (QED) is 0.207. The van der Waals surface area contributed by atoms with Gasteiger partial charge in [-0.15, -0.1) is 10.2 Å². The van der Waals surface area contributed by atoms with Crippen LogP contribution in [0.3, 0.4) is 0 Å². The fourth-order valence-electron chi connectivity index (χ4n) is 3.08. The summed E-state index contributed by atoms with van der Waals surface area (Å²) in [6.45, 7) is 0. The van der Waals surface area contributed by atoms with Crippen molar-refractivity contribution in [1.29, 1.82) is 0 Å². The maximum absolute atomic E-state index is 11.9. The zero-order valence-electron chi connectivity index (χ0n) is 18.7. The molecule has 2 heterocycles. The zero-order valence-corrected chi connectivity index (χ0v) is 20.3. The molecular formula is C24H17ClN2O8S. The Bertz CT molecular complexity index is 1450. The molecule has 12 heteroatoms. The van der Waals surface area contributed by atoms with Crippen LogP contribution in [-0.4, -0.2) is 46.6 Å². The summed E-state index contributed by atoms with van der Waals surface area (Å²) in [6.07, 6.45) is 1.28. The van der Waals surface area contributed by atoms with Crippen LogP contribution in [0.15, 0.2) is 67.5 Å². The smallest absolute Gasteiger partial charge is 0.342 e. The number of methoxy groups -OCH3 is 2. The summed E-state index contributed by atoms with van der Waals surface area (Å²) in [5.41, 5.74) is 0.920. The Morgan fingerprint density at radius 2 is 1.69 bits per heavy atom.